The van der Waals surface area contributed by atoms with Crippen LogP contribution in [0.2, 0.25) is 0 Å². The van der Waals surface area contributed by atoms with Crippen LogP contribution in [0.25, 0.3) is 55.9 Å². The van der Waals surface area contributed by atoms with Gasteiger partial charge in [-0.2, -0.15) is 0 Å². The molecule has 0 unspecified atom stereocenters. The lowest BCUT2D eigenvalue weighted by atomic mass is 9.34. The van der Waals surface area contributed by atoms with Crippen molar-refractivity contribution in [3.8, 4) is 39.1 Å². The molecule has 8 aromatic rings. The second-order valence-corrected chi connectivity index (χ2v) is 15.7. The lowest BCUT2D eigenvalue weighted by molar-refractivity contribution is 0.291. The molecule has 1 aliphatic heterocycles. The fourth-order valence-electron chi connectivity index (χ4n) is 9.24. The fraction of sp³-hybridized carbons (Fsp3) is 0.0926. The van der Waals surface area contributed by atoms with Gasteiger partial charge in [-0.3, -0.25) is 0 Å². The Hall–Kier alpha value is -6.71. The molecule has 1 aliphatic carbocycles. The number of ether oxygens (including phenoxy) is 1. The summed E-state index contributed by atoms with van der Waals surface area (Å²) in [6.45, 7) is 9.21. The van der Waals surface area contributed by atoms with Crippen molar-refractivity contribution < 1.29 is 4.74 Å². The Kier molecular flexibility index (Phi) is 8.60. The van der Waals surface area contributed by atoms with E-state index in [0.29, 0.717) is 0 Å². The van der Waals surface area contributed by atoms with E-state index in [1.807, 2.05) is 12.1 Å². The normalized spacial score (nSPS) is 14.0. The van der Waals surface area contributed by atoms with Gasteiger partial charge in [0.1, 0.15) is 17.5 Å². The van der Waals surface area contributed by atoms with Crippen LogP contribution in [0.1, 0.15) is 39.1 Å². The Labute approximate surface area is 336 Å². The van der Waals surface area contributed by atoms with Gasteiger partial charge < -0.3 is 4.74 Å². The third-order valence-corrected chi connectivity index (χ3v) is 11.9. The van der Waals surface area contributed by atoms with Crippen molar-refractivity contribution in [2.75, 3.05) is 0 Å². The molecule has 7 aromatic carbocycles. The van der Waals surface area contributed by atoms with E-state index in [1.54, 1.807) is 0 Å². The van der Waals surface area contributed by atoms with E-state index in [4.69, 9.17) is 9.72 Å². The van der Waals surface area contributed by atoms with E-state index in [-0.39, 0.29) is 12.8 Å². The van der Waals surface area contributed by atoms with Crippen LogP contribution < -0.4 is 21.1 Å². The maximum atomic E-state index is 6.41. The Morgan fingerprint density at radius 2 is 1.05 bits per heavy atom. The molecule has 57 heavy (non-hydrogen) atoms. The van der Waals surface area contributed by atoms with Crippen LogP contribution in [0.3, 0.4) is 0 Å². The summed E-state index contributed by atoms with van der Waals surface area (Å²) < 4.78 is 6.41. The molecule has 2 aliphatic rings. The highest BCUT2D eigenvalue weighted by atomic mass is 16.5. The van der Waals surface area contributed by atoms with E-state index in [9.17, 15) is 0 Å². The fourth-order valence-corrected chi connectivity index (χ4v) is 9.24. The Balaban J connectivity index is 1.05. The van der Waals surface area contributed by atoms with Gasteiger partial charge in [0.05, 0.1) is 5.52 Å². The quantitative estimate of drug-likeness (QED) is 0.159. The van der Waals surface area contributed by atoms with Crippen LogP contribution in [0, 0.1) is 27.7 Å². The Morgan fingerprint density at radius 1 is 0.509 bits per heavy atom. The van der Waals surface area contributed by atoms with E-state index in [1.165, 1.54) is 83.1 Å². The first-order chi connectivity index (χ1) is 27.9. The molecular weight excluding hydrogens is 689 g/mol. The molecule has 2 bridgehead atoms. The maximum Gasteiger partial charge on any atom is 0.242 e. The third-order valence-electron chi connectivity index (χ3n) is 11.9. The first-order valence-electron chi connectivity index (χ1n) is 19.9. The van der Waals surface area contributed by atoms with Crippen molar-refractivity contribution in [2.45, 2.75) is 33.8 Å². The summed E-state index contributed by atoms with van der Waals surface area (Å²) >= 11 is 0. The summed E-state index contributed by atoms with van der Waals surface area (Å²) in [5.74, 6) is 0.836. The predicted octanol–water partition coefficient (Wildman–Crippen LogP) is 11.2. The number of aromatic nitrogens is 1. The second-order valence-electron chi connectivity index (χ2n) is 15.7. The summed E-state index contributed by atoms with van der Waals surface area (Å²) in [6, 6.07) is 57.5. The van der Waals surface area contributed by atoms with E-state index >= 15 is 0 Å². The first kappa shape index (κ1) is 34.8. The number of nitrogens with zero attached hydrogens (tertiary/aromatic N) is 1. The van der Waals surface area contributed by atoms with Crippen LogP contribution in [0.5, 0.6) is 5.75 Å². The van der Waals surface area contributed by atoms with Crippen molar-refractivity contribution in [1.82, 2.24) is 4.98 Å². The summed E-state index contributed by atoms with van der Waals surface area (Å²) in [5.41, 5.74) is 22.0. The van der Waals surface area contributed by atoms with Crippen LogP contribution >= 0.6 is 0 Å². The topological polar surface area (TPSA) is 22.1 Å². The first-order valence-corrected chi connectivity index (χ1v) is 19.9. The van der Waals surface area contributed by atoms with Crippen LogP contribution in [-0.2, 0) is 0 Å². The number of para-hydroxylation sites is 1. The van der Waals surface area contributed by atoms with Gasteiger partial charge in [0.15, 0.2) is 0 Å². The molecule has 0 amide bonds. The number of pyridine rings is 1. The van der Waals surface area contributed by atoms with Crippen molar-refractivity contribution >= 4 is 45.7 Å². The van der Waals surface area contributed by atoms with E-state index in [0.717, 1.165) is 27.9 Å². The largest absolute Gasteiger partial charge is 0.480 e. The molecule has 0 saturated carbocycles. The number of hydrogen-bond donors (Lipinski definition) is 0. The molecular formula is C54H42BNO. The Bertz CT molecular complexity index is 2770. The highest BCUT2D eigenvalue weighted by Gasteiger charge is 2.30. The standard InChI is InChI=1S/C54H42BNO/c1-34-27-44(38-13-7-5-8-14-38)28-35(2)52(34)55(53-36(3)29-45(30-37(53)4)39-15-9-6-10-16-39)46-23-19-40(20-24-46)41-22-26-48-42(31-41)21-25-47-33-49(48)54-51(57-47)32-43-17-11-12-18-50(43)56-54/h5-33,47H,1-4H3/t47-/m1/s1. The highest BCUT2D eigenvalue weighted by Crippen LogP contribution is 2.41. The number of fused-ring (bicyclic) bond motifs is 6. The summed E-state index contributed by atoms with van der Waals surface area (Å²) in [7, 11) is 0. The molecule has 0 spiro atoms. The Morgan fingerprint density at radius 3 is 1.67 bits per heavy atom. The van der Waals surface area contributed by atoms with Gasteiger partial charge in [0.25, 0.3) is 0 Å². The lowest BCUT2D eigenvalue weighted by Gasteiger charge is -2.25. The van der Waals surface area contributed by atoms with Crippen molar-refractivity contribution in [3.63, 3.8) is 0 Å². The third kappa shape index (κ3) is 6.30. The van der Waals surface area contributed by atoms with Gasteiger partial charge in [0, 0.05) is 11.0 Å². The van der Waals surface area contributed by atoms with Crippen molar-refractivity contribution in [2.24, 2.45) is 0 Å². The zero-order valence-electron chi connectivity index (χ0n) is 32.8. The highest BCUT2D eigenvalue weighted by molar-refractivity contribution is 6.96. The smallest absolute Gasteiger partial charge is 0.242 e. The molecule has 0 fully saturated rings. The van der Waals surface area contributed by atoms with Gasteiger partial charge >= 0.3 is 0 Å². The monoisotopic (exact) mass is 731 g/mol. The van der Waals surface area contributed by atoms with Gasteiger partial charge in [-0.1, -0.05) is 184 Å². The maximum absolute atomic E-state index is 6.41. The van der Waals surface area contributed by atoms with Crippen molar-refractivity contribution in [3.05, 3.63) is 209 Å². The summed E-state index contributed by atoms with van der Waals surface area (Å²) in [5, 5.41) is 1.09. The molecule has 0 N–H and O–H groups in total. The van der Waals surface area contributed by atoms with Crippen LogP contribution in [0.15, 0.2) is 170 Å². The van der Waals surface area contributed by atoms with Crippen molar-refractivity contribution in [1.29, 1.82) is 0 Å². The average Bonchev–Trinajstić information content (AvgIpc) is 3.38. The van der Waals surface area contributed by atoms with Crippen LogP contribution in [-0.4, -0.2) is 17.8 Å². The molecule has 2 heterocycles. The molecule has 0 saturated heterocycles. The molecule has 10 rings (SSSR count). The average molecular weight is 732 g/mol. The second kappa shape index (κ2) is 14.1. The zero-order chi connectivity index (χ0) is 38.6. The van der Waals surface area contributed by atoms with Gasteiger partial charge in [-0.15, -0.1) is 0 Å². The number of hydrogen-bond acceptors (Lipinski definition) is 2. The lowest BCUT2D eigenvalue weighted by Crippen LogP contribution is -2.55. The minimum absolute atomic E-state index is 0.0681. The SMILES string of the molecule is Cc1cc(-c2ccccc2)cc(C)c1B(c1ccc(-c2ccc3c(c2)C=C[C@@H]2C=C3c3nc4ccccc4cc3O2)cc1)c1c(C)cc(-c2ccccc2)cc1C. The van der Waals surface area contributed by atoms with Gasteiger partial charge in [0.2, 0.25) is 6.71 Å². The van der Waals surface area contributed by atoms with E-state index in [2.05, 4.69) is 192 Å². The molecule has 2 nitrogen and oxygen atoms in total. The van der Waals surface area contributed by atoms with Gasteiger partial charge in [-0.05, 0) is 103 Å². The van der Waals surface area contributed by atoms with E-state index < -0.39 is 0 Å². The molecule has 1 atom stereocenters. The summed E-state index contributed by atoms with van der Waals surface area (Å²) in [6.07, 6.45) is 6.43. The predicted molar refractivity (Wildman–Crippen MR) is 242 cm³/mol. The summed E-state index contributed by atoms with van der Waals surface area (Å²) in [4.78, 5) is 5.08. The minimum Gasteiger partial charge on any atom is -0.480 e. The number of rotatable bonds is 6. The van der Waals surface area contributed by atoms with Crippen LogP contribution in [0.4, 0.5) is 0 Å². The van der Waals surface area contributed by atoms with Gasteiger partial charge in [-0.25, -0.2) is 4.98 Å². The molecule has 1 aromatic heterocycles. The molecule has 0 radical (unpaired) electrons. The molecule has 272 valence electrons. The minimum atomic E-state index is -0.134. The number of aryl methyl sites for hydroxylation is 4. The zero-order valence-corrected chi connectivity index (χ0v) is 32.8. The molecule has 3 heteroatoms. The number of benzene rings is 7.